The molecule has 23 heavy (non-hydrogen) atoms. The van der Waals surface area contributed by atoms with Crippen LogP contribution in [0, 0.1) is 0 Å². The lowest BCUT2D eigenvalue weighted by Crippen LogP contribution is -2.44. The second-order valence-electron chi connectivity index (χ2n) is 4.79. The molecule has 0 bridgehead atoms. The van der Waals surface area contributed by atoms with Gasteiger partial charge in [0.15, 0.2) is 16.6 Å². The van der Waals surface area contributed by atoms with Gasteiger partial charge in [0.25, 0.3) is 5.91 Å². The van der Waals surface area contributed by atoms with E-state index in [1.807, 2.05) is 12.1 Å². The fraction of sp³-hybridized carbons (Fsp3) is 0.267. The SMILES string of the molecule is O=C(CCNC(=O)[C@@H]1COc2ccccc2O1)Nc1nccs1. The van der Waals surface area contributed by atoms with E-state index in [1.54, 1.807) is 23.7 Å². The summed E-state index contributed by atoms with van der Waals surface area (Å²) in [5.74, 6) is 0.660. The van der Waals surface area contributed by atoms with Crippen LogP contribution in [0.15, 0.2) is 35.8 Å². The molecule has 1 aromatic carbocycles. The summed E-state index contributed by atoms with van der Waals surface area (Å²) in [4.78, 5) is 27.7. The highest BCUT2D eigenvalue weighted by atomic mass is 32.1. The number of nitrogens with one attached hydrogen (secondary N) is 2. The van der Waals surface area contributed by atoms with E-state index in [1.165, 1.54) is 11.3 Å². The van der Waals surface area contributed by atoms with E-state index in [0.717, 1.165) is 0 Å². The lowest BCUT2D eigenvalue weighted by molar-refractivity contribution is -0.130. The first kappa shape index (κ1) is 15.3. The first-order chi connectivity index (χ1) is 11.2. The van der Waals surface area contributed by atoms with Gasteiger partial charge in [0.05, 0.1) is 0 Å². The summed E-state index contributed by atoms with van der Waals surface area (Å²) in [6.07, 6.45) is 1.06. The first-order valence-electron chi connectivity index (χ1n) is 7.08. The van der Waals surface area contributed by atoms with Gasteiger partial charge >= 0.3 is 0 Å². The van der Waals surface area contributed by atoms with Gasteiger partial charge in [-0.3, -0.25) is 9.59 Å². The lowest BCUT2D eigenvalue weighted by Gasteiger charge is -2.25. The van der Waals surface area contributed by atoms with Gasteiger partial charge in [0, 0.05) is 24.5 Å². The second-order valence-corrected chi connectivity index (χ2v) is 5.69. The number of benzene rings is 1. The highest BCUT2D eigenvalue weighted by Crippen LogP contribution is 2.30. The third-order valence-corrected chi connectivity index (χ3v) is 3.82. The molecule has 2 aromatic rings. The Bertz CT molecular complexity index is 690. The van der Waals surface area contributed by atoms with Crippen LogP contribution in [0.5, 0.6) is 11.5 Å². The van der Waals surface area contributed by atoms with Crippen LogP contribution in [0.1, 0.15) is 6.42 Å². The Hall–Kier alpha value is -2.61. The number of fused-ring (bicyclic) bond motifs is 1. The van der Waals surface area contributed by atoms with E-state index in [0.29, 0.717) is 16.6 Å². The summed E-state index contributed by atoms with van der Waals surface area (Å²) >= 11 is 1.34. The molecule has 2 heterocycles. The number of ether oxygens (including phenoxy) is 2. The fourth-order valence-electron chi connectivity index (χ4n) is 2.03. The van der Waals surface area contributed by atoms with Gasteiger partial charge in [-0.2, -0.15) is 0 Å². The predicted molar refractivity (Wildman–Crippen MR) is 84.7 cm³/mol. The number of nitrogens with zero attached hydrogens (tertiary/aromatic N) is 1. The molecular weight excluding hydrogens is 318 g/mol. The van der Waals surface area contributed by atoms with Crippen LogP contribution in [-0.2, 0) is 9.59 Å². The van der Waals surface area contributed by atoms with Crippen LogP contribution in [0.3, 0.4) is 0 Å². The van der Waals surface area contributed by atoms with E-state index in [9.17, 15) is 9.59 Å². The quantitative estimate of drug-likeness (QED) is 0.864. The van der Waals surface area contributed by atoms with Crippen LogP contribution in [0.4, 0.5) is 5.13 Å². The zero-order valence-electron chi connectivity index (χ0n) is 12.2. The highest BCUT2D eigenvalue weighted by Gasteiger charge is 2.26. The zero-order chi connectivity index (χ0) is 16.1. The Kier molecular flexibility index (Phi) is 4.72. The lowest BCUT2D eigenvalue weighted by atomic mass is 10.2. The average molecular weight is 333 g/mol. The maximum Gasteiger partial charge on any atom is 0.264 e. The van der Waals surface area contributed by atoms with Gasteiger partial charge < -0.3 is 20.1 Å². The Balaban J connectivity index is 1.42. The third kappa shape index (κ3) is 3.98. The van der Waals surface area contributed by atoms with Crippen molar-refractivity contribution < 1.29 is 19.1 Å². The van der Waals surface area contributed by atoms with E-state index in [4.69, 9.17) is 9.47 Å². The summed E-state index contributed by atoms with van der Waals surface area (Å²) in [6, 6.07) is 7.18. The van der Waals surface area contributed by atoms with Crippen molar-refractivity contribution in [1.82, 2.24) is 10.3 Å². The van der Waals surface area contributed by atoms with Gasteiger partial charge in [-0.1, -0.05) is 12.1 Å². The maximum atomic E-state index is 12.0. The van der Waals surface area contributed by atoms with Gasteiger partial charge in [-0.05, 0) is 12.1 Å². The third-order valence-electron chi connectivity index (χ3n) is 3.13. The number of hydrogen-bond acceptors (Lipinski definition) is 6. The van der Waals surface area contributed by atoms with Crippen molar-refractivity contribution in [1.29, 1.82) is 0 Å². The molecule has 0 saturated carbocycles. The first-order valence-corrected chi connectivity index (χ1v) is 7.96. The molecule has 2 amide bonds. The van der Waals surface area contributed by atoms with Gasteiger partial charge in [-0.15, -0.1) is 11.3 Å². The van der Waals surface area contributed by atoms with E-state index in [-0.39, 0.29) is 31.4 Å². The number of anilines is 1. The molecule has 2 N–H and O–H groups in total. The number of carbonyl (C=O) groups excluding carboxylic acids is 2. The summed E-state index contributed by atoms with van der Waals surface area (Å²) in [7, 11) is 0. The molecule has 0 saturated heterocycles. The number of amides is 2. The Labute approximate surface area is 136 Å². The molecular formula is C15H15N3O4S. The van der Waals surface area contributed by atoms with Crippen LogP contribution in [0.2, 0.25) is 0 Å². The molecule has 0 aliphatic carbocycles. The topological polar surface area (TPSA) is 89.6 Å². The van der Waals surface area contributed by atoms with E-state index < -0.39 is 6.10 Å². The molecule has 1 aromatic heterocycles. The van der Waals surface area contributed by atoms with Crippen molar-refractivity contribution in [2.45, 2.75) is 12.5 Å². The molecule has 1 aliphatic heterocycles. The Morgan fingerprint density at radius 2 is 2.13 bits per heavy atom. The van der Waals surface area contributed by atoms with E-state index >= 15 is 0 Å². The minimum absolute atomic E-state index is 0.147. The Morgan fingerprint density at radius 3 is 2.91 bits per heavy atom. The van der Waals surface area contributed by atoms with Crippen LogP contribution < -0.4 is 20.1 Å². The normalized spacial score (nSPS) is 15.7. The molecule has 0 unspecified atom stereocenters. The van der Waals surface area contributed by atoms with Crippen molar-refractivity contribution in [2.24, 2.45) is 0 Å². The smallest absolute Gasteiger partial charge is 0.264 e. The number of carbonyl (C=O) groups is 2. The van der Waals surface area contributed by atoms with Gasteiger partial charge in [0.1, 0.15) is 6.61 Å². The molecule has 120 valence electrons. The number of hydrogen-bond donors (Lipinski definition) is 2. The van der Waals surface area contributed by atoms with Crippen molar-refractivity contribution in [2.75, 3.05) is 18.5 Å². The van der Waals surface area contributed by atoms with E-state index in [2.05, 4.69) is 15.6 Å². The number of thiazole rings is 1. The standard InChI is InChI=1S/C15H15N3O4S/c19-13(18-15-17-7-8-23-15)5-6-16-14(20)12-9-21-10-3-1-2-4-11(10)22-12/h1-4,7-8,12H,5-6,9H2,(H,16,20)(H,17,18,19)/t12-/m0/s1. The van der Waals surface area contributed by atoms with Gasteiger partial charge in [0.2, 0.25) is 12.0 Å². The summed E-state index contributed by atoms with van der Waals surface area (Å²) < 4.78 is 11.1. The molecule has 7 nitrogen and oxygen atoms in total. The average Bonchev–Trinajstić information content (AvgIpc) is 3.07. The number of para-hydroxylation sites is 2. The number of rotatable bonds is 5. The molecule has 0 spiro atoms. The fourth-order valence-corrected chi connectivity index (χ4v) is 2.57. The minimum atomic E-state index is -0.716. The number of aromatic nitrogens is 1. The van der Waals surface area contributed by atoms with Crippen molar-refractivity contribution in [3.05, 3.63) is 35.8 Å². The maximum absolute atomic E-state index is 12.0. The molecule has 0 fully saturated rings. The molecule has 1 atom stereocenters. The molecule has 3 rings (SSSR count). The monoisotopic (exact) mass is 333 g/mol. The summed E-state index contributed by atoms with van der Waals surface area (Å²) in [5.41, 5.74) is 0. The van der Waals surface area contributed by atoms with Gasteiger partial charge in [-0.25, -0.2) is 4.98 Å². The van der Waals surface area contributed by atoms with Crippen LogP contribution in [-0.4, -0.2) is 36.1 Å². The highest BCUT2D eigenvalue weighted by molar-refractivity contribution is 7.13. The summed E-state index contributed by atoms with van der Waals surface area (Å²) in [5, 5.41) is 7.64. The zero-order valence-corrected chi connectivity index (χ0v) is 13.0. The van der Waals surface area contributed by atoms with Crippen molar-refractivity contribution >= 4 is 28.3 Å². The predicted octanol–water partition coefficient (Wildman–Crippen LogP) is 1.43. The second kappa shape index (κ2) is 7.10. The van der Waals surface area contributed by atoms with Crippen LogP contribution >= 0.6 is 11.3 Å². The molecule has 0 radical (unpaired) electrons. The molecule has 1 aliphatic rings. The summed E-state index contributed by atoms with van der Waals surface area (Å²) in [6.45, 7) is 0.367. The van der Waals surface area contributed by atoms with Crippen LogP contribution in [0.25, 0.3) is 0 Å². The molecule has 8 heteroatoms. The van der Waals surface area contributed by atoms with Crippen molar-refractivity contribution in [3.63, 3.8) is 0 Å². The van der Waals surface area contributed by atoms with Crippen molar-refractivity contribution in [3.8, 4) is 11.5 Å². The Morgan fingerprint density at radius 1 is 1.30 bits per heavy atom. The largest absolute Gasteiger partial charge is 0.485 e. The minimum Gasteiger partial charge on any atom is -0.485 e.